The summed E-state index contributed by atoms with van der Waals surface area (Å²) in [6.07, 6.45) is 0.865. The predicted molar refractivity (Wildman–Crippen MR) is 202 cm³/mol. The van der Waals surface area contributed by atoms with E-state index in [1.807, 2.05) is 62.9 Å². The van der Waals surface area contributed by atoms with Crippen molar-refractivity contribution in [1.29, 1.82) is 0 Å². The highest BCUT2D eigenvalue weighted by Crippen LogP contribution is 2.64. The first-order chi connectivity index (χ1) is 24.5. The summed E-state index contributed by atoms with van der Waals surface area (Å²) in [5, 5.41) is 19.9. The highest BCUT2D eigenvalue weighted by molar-refractivity contribution is 5.91. The number of rotatable bonds is 19. The Morgan fingerprint density at radius 3 is 2.08 bits per heavy atom. The van der Waals surface area contributed by atoms with Crippen LogP contribution >= 0.6 is 0 Å². The zero-order chi connectivity index (χ0) is 39.1. The predicted octanol–water partition coefficient (Wildman–Crippen LogP) is 3.67. The second-order valence-electron chi connectivity index (χ2n) is 16.0. The van der Waals surface area contributed by atoms with Gasteiger partial charge in [0.05, 0.1) is 54.3 Å². The average Bonchev–Trinajstić information content (AvgIpc) is 3.46. The number of ether oxygens (including phenoxy) is 2. The maximum Gasteiger partial charge on any atom is 0.245 e. The maximum atomic E-state index is 14.3. The molecule has 1 saturated carbocycles. The van der Waals surface area contributed by atoms with E-state index in [2.05, 4.69) is 29.8 Å². The Bertz CT molecular complexity index is 1360. The van der Waals surface area contributed by atoms with E-state index in [-0.39, 0.29) is 53.3 Å². The minimum absolute atomic E-state index is 0.0354. The lowest BCUT2D eigenvalue weighted by molar-refractivity contribution is -0.149. The Hall–Kier alpha value is -3.06. The van der Waals surface area contributed by atoms with Gasteiger partial charge in [-0.15, -0.1) is 0 Å². The Morgan fingerprint density at radius 2 is 1.58 bits per heavy atom. The number of amides is 4. The molecule has 0 bridgehead atoms. The van der Waals surface area contributed by atoms with Crippen LogP contribution in [0, 0.1) is 23.2 Å². The highest BCUT2D eigenvalue weighted by atomic mass is 16.5. The Balaban J connectivity index is 1.80. The molecule has 10 atom stereocenters. The van der Waals surface area contributed by atoms with Gasteiger partial charge in [0.2, 0.25) is 23.6 Å². The van der Waals surface area contributed by atoms with Gasteiger partial charge in [0.1, 0.15) is 6.04 Å². The highest BCUT2D eigenvalue weighted by Gasteiger charge is 2.71. The third kappa shape index (κ3) is 9.00. The Labute approximate surface area is 312 Å². The molecular formula is C40H67N5O7. The quantitative estimate of drug-likeness (QED) is 0.169. The standard InChI is InChI=1S/C40H67N5O7/c1-13-39(8)23-40(39,44(10)38(50)33(25(4)5)43-37(49)32(41-9)24(2)3)30(51-11)22-31(46)45-21-17-20-29(45)35(52-12)26(6)36(48)42-27(7)34(47)28-18-15-14-16-19-28/h14-16,18-19,24-27,29-30,32-35,41,47H,13,17,20-23H2,1-12H3,(H,42,48)(H,43,49)/t26-,27-,29+,30-,32+,33+,34?,35-,39-,40-/m1/s1. The number of aliphatic hydroxyl groups excluding tert-OH is 1. The van der Waals surface area contributed by atoms with Crippen LogP contribution in [0.5, 0.6) is 0 Å². The summed E-state index contributed by atoms with van der Waals surface area (Å²) in [7, 11) is 6.66. The summed E-state index contributed by atoms with van der Waals surface area (Å²) >= 11 is 0. The number of hydrogen-bond donors (Lipinski definition) is 4. The maximum absolute atomic E-state index is 14.3. The number of likely N-dealkylation sites (N-methyl/N-ethyl adjacent to an activating group) is 2. The molecule has 3 rings (SSSR count). The molecule has 1 aliphatic heterocycles. The number of hydrogen-bond acceptors (Lipinski definition) is 8. The largest absolute Gasteiger partial charge is 0.386 e. The molecule has 1 unspecified atom stereocenters. The van der Waals surface area contributed by atoms with Crippen LogP contribution in [0.3, 0.4) is 0 Å². The Kier molecular flexibility index (Phi) is 15.3. The summed E-state index contributed by atoms with van der Waals surface area (Å²) in [4.78, 5) is 58.9. The van der Waals surface area contributed by atoms with Crippen molar-refractivity contribution in [3.8, 4) is 0 Å². The van der Waals surface area contributed by atoms with Gasteiger partial charge in [-0.2, -0.15) is 0 Å². The van der Waals surface area contributed by atoms with Crippen molar-refractivity contribution in [2.45, 2.75) is 136 Å². The molecule has 4 amide bonds. The van der Waals surface area contributed by atoms with Gasteiger partial charge < -0.3 is 40.3 Å². The van der Waals surface area contributed by atoms with E-state index in [1.165, 1.54) is 0 Å². The van der Waals surface area contributed by atoms with Crippen LogP contribution in [0.1, 0.15) is 99.2 Å². The molecule has 294 valence electrons. The molecule has 1 aliphatic carbocycles. The molecule has 12 heteroatoms. The molecule has 0 aromatic heterocycles. The average molecular weight is 730 g/mol. The van der Waals surface area contributed by atoms with Crippen LogP contribution in [0.4, 0.5) is 0 Å². The minimum atomic E-state index is -0.875. The molecular weight excluding hydrogens is 662 g/mol. The number of likely N-dealkylation sites (tertiary alicyclic amines) is 1. The second kappa shape index (κ2) is 18.3. The van der Waals surface area contributed by atoms with E-state index < -0.39 is 47.9 Å². The van der Waals surface area contributed by atoms with Gasteiger partial charge >= 0.3 is 0 Å². The van der Waals surface area contributed by atoms with Gasteiger partial charge in [-0.25, -0.2) is 0 Å². The van der Waals surface area contributed by atoms with Crippen LogP contribution in [-0.2, 0) is 28.7 Å². The lowest BCUT2D eigenvalue weighted by Crippen LogP contribution is -2.60. The summed E-state index contributed by atoms with van der Waals surface area (Å²) in [5.74, 6) is -1.56. The van der Waals surface area contributed by atoms with Crippen LogP contribution in [0.15, 0.2) is 30.3 Å². The van der Waals surface area contributed by atoms with Crippen LogP contribution < -0.4 is 16.0 Å². The molecule has 1 heterocycles. The molecule has 52 heavy (non-hydrogen) atoms. The monoisotopic (exact) mass is 730 g/mol. The van der Waals surface area contributed by atoms with Crippen molar-refractivity contribution in [1.82, 2.24) is 25.8 Å². The number of nitrogens with one attached hydrogen (secondary N) is 3. The molecule has 12 nitrogen and oxygen atoms in total. The summed E-state index contributed by atoms with van der Waals surface area (Å²) < 4.78 is 12.1. The normalized spacial score (nSPS) is 25.5. The third-order valence-corrected chi connectivity index (χ3v) is 12.1. The first-order valence-corrected chi connectivity index (χ1v) is 19.1. The first kappa shape index (κ1) is 43.3. The van der Waals surface area contributed by atoms with Crippen LogP contribution in [-0.4, -0.2) is 115 Å². The lowest BCUT2D eigenvalue weighted by atomic mass is 9.89. The lowest BCUT2D eigenvalue weighted by Gasteiger charge is -2.41. The van der Waals surface area contributed by atoms with Gasteiger partial charge in [-0.1, -0.05) is 78.8 Å². The summed E-state index contributed by atoms with van der Waals surface area (Å²) in [6.45, 7) is 16.0. The van der Waals surface area contributed by atoms with Crippen molar-refractivity contribution in [3.05, 3.63) is 35.9 Å². The van der Waals surface area contributed by atoms with Gasteiger partial charge in [0.25, 0.3) is 0 Å². The first-order valence-electron chi connectivity index (χ1n) is 19.1. The Morgan fingerprint density at radius 1 is 0.962 bits per heavy atom. The number of aliphatic hydroxyl groups is 1. The SMILES string of the molecule is CC[C@]1(C)C[C@]1([C@@H](CC(=O)N1CCC[C@H]1[C@H](OC)[C@@H](C)C(=O)N[C@H](C)C(O)c1ccccc1)OC)N(C)C(=O)[C@@H](NC(=O)[C@@H](NC)C(C)C)C(C)C. The van der Waals surface area contributed by atoms with Gasteiger partial charge in [0, 0.05) is 27.8 Å². The van der Waals surface area contributed by atoms with Crippen molar-refractivity contribution in [2.24, 2.45) is 23.2 Å². The second-order valence-corrected chi connectivity index (χ2v) is 16.0. The third-order valence-electron chi connectivity index (χ3n) is 12.1. The van der Waals surface area contributed by atoms with E-state index in [0.29, 0.717) is 24.9 Å². The minimum Gasteiger partial charge on any atom is -0.386 e. The van der Waals surface area contributed by atoms with E-state index in [1.54, 1.807) is 47.1 Å². The molecule has 4 N–H and O–H groups in total. The molecule has 0 radical (unpaired) electrons. The fourth-order valence-corrected chi connectivity index (χ4v) is 8.54. The molecule has 1 aromatic carbocycles. The number of carbonyl (C=O) groups is 4. The molecule has 2 fully saturated rings. The zero-order valence-corrected chi connectivity index (χ0v) is 33.7. The fourth-order valence-electron chi connectivity index (χ4n) is 8.54. The van der Waals surface area contributed by atoms with E-state index >= 15 is 0 Å². The van der Waals surface area contributed by atoms with Gasteiger partial charge in [-0.3, -0.25) is 19.2 Å². The summed E-state index contributed by atoms with van der Waals surface area (Å²) in [6, 6.07) is 7.13. The number of nitrogens with zero attached hydrogens (tertiary/aromatic N) is 2. The van der Waals surface area contributed by atoms with Crippen molar-refractivity contribution in [3.63, 3.8) is 0 Å². The molecule has 0 spiro atoms. The fraction of sp³-hybridized carbons (Fsp3) is 0.750. The molecule has 1 aromatic rings. The van der Waals surface area contributed by atoms with E-state index in [4.69, 9.17) is 9.47 Å². The molecule has 1 saturated heterocycles. The molecule has 2 aliphatic rings. The van der Waals surface area contributed by atoms with Gasteiger partial charge in [-0.05, 0) is 62.5 Å². The van der Waals surface area contributed by atoms with Crippen molar-refractivity contribution < 1.29 is 33.8 Å². The number of benzene rings is 1. The number of carbonyl (C=O) groups excluding carboxylic acids is 4. The zero-order valence-electron chi connectivity index (χ0n) is 33.7. The van der Waals surface area contributed by atoms with Gasteiger partial charge in [0.15, 0.2) is 0 Å². The van der Waals surface area contributed by atoms with Crippen LogP contribution in [0.2, 0.25) is 0 Å². The van der Waals surface area contributed by atoms with E-state index in [9.17, 15) is 24.3 Å². The van der Waals surface area contributed by atoms with Crippen molar-refractivity contribution in [2.75, 3.05) is 34.9 Å². The van der Waals surface area contributed by atoms with E-state index in [0.717, 1.165) is 12.8 Å². The summed E-state index contributed by atoms with van der Waals surface area (Å²) in [5.41, 5.74) is -0.354. The topological polar surface area (TPSA) is 150 Å². The van der Waals surface area contributed by atoms with Crippen LogP contribution in [0.25, 0.3) is 0 Å². The van der Waals surface area contributed by atoms with Crippen molar-refractivity contribution >= 4 is 23.6 Å². The smallest absolute Gasteiger partial charge is 0.245 e. The number of methoxy groups -OCH3 is 2.